The number of aromatic nitrogens is 4. The van der Waals surface area contributed by atoms with Crippen LogP contribution in [0.15, 0.2) is 24.5 Å². The van der Waals surface area contributed by atoms with E-state index in [1.807, 2.05) is 13.8 Å². The highest BCUT2D eigenvalue weighted by Gasteiger charge is 2.22. The molecule has 8 nitrogen and oxygen atoms in total. The maximum Gasteiger partial charge on any atom is 0.252 e. The smallest absolute Gasteiger partial charge is 0.252 e. The predicted molar refractivity (Wildman–Crippen MR) is 110 cm³/mol. The summed E-state index contributed by atoms with van der Waals surface area (Å²) < 4.78 is 1.67. The van der Waals surface area contributed by atoms with Gasteiger partial charge in [0, 0.05) is 36.5 Å². The third-order valence-electron chi connectivity index (χ3n) is 5.20. The fraction of sp³-hybridized carbons (Fsp3) is 0.350. The molecule has 1 N–H and O–H groups in total. The van der Waals surface area contributed by atoms with Gasteiger partial charge in [0.2, 0.25) is 11.8 Å². The van der Waals surface area contributed by atoms with E-state index in [4.69, 9.17) is 11.6 Å². The highest BCUT2D eigenvalue weighted by Crippen LogP contribution is 2.30. The third kappa shape index (κ3) is 3.80. The average molecular weight is 413 g/mol. The molecule has 1 fully saturated rings. The van der Waals surface area contributed by atoms with Gasteiger partial charge in [0.25, 0.3) is 5.78 Å². The van der Waals surface area contributed by atoms with Crippen molar-refractivity contribution in [3.8, 4) is 0 Å². The molecule has 1 saturated heterocycles. The Labute approximate surface area is 172 Å². The molecular weight excluding hydrogens is 392 g/mol. The predicted octanol–water partition coefficient (Wildman–Crippen LogP) is 3.09. The molecule has 3 aromatic rings. The van der Waals surface area contributed by atoms with Gasteiger partial charge >= 0.3 is 0 Å². The molecule has 1 aliphatic heterocycles. The van der Waals surface area contributed by atoms with E-state index >= 15 is 0 Å². The van der Waals surface area contributed by atoms with E-state index in [1.165, 1.54) is 6.33 Å². The van der Waals surface area contributed by atoms with E-state index in [9.17, 15) is 9.59 Å². The number of nitrogens with one attached hydrogen (secondary N) is 1. The number of halogens is 1. The lowest BCUT2D eigenvalue weighted by atomic mass is 10.1. The number of nitrogens with zero attached hydrogens (tertiary/aromatic N) is 5. The molecule has 0 atom stereocenters. The van der Waals surface area contributed by atoms with Crippen LogP contribution < -0.4 is 10.2 Å². The standard InChI is InChI=1S/C20H21ClN6O2/c1-12-15(13(2)27-20(24-12)22-11-23-27)6-8-18(28)25-17-10-14(5-7-16(17)21)26-9-3-4-19(26)29/h5,7,10-11H,3-4,6,8-9H2,1-2H3,(H,25,28). The zero-order valence-corrected chi connectivity index (χ0v) is 17.0. The van der Waals surface area contributed by atoms with Crippen LogP contribution in [0.25, 0.3) is 5.78 Å². The Balaban J connectivity index is 1.47. The highest BCUT2D eigenvalue weighted by molar-refractivity contribution is 6.33. The van der Waals surface area contributed by atoms with Crippen molar-refractivity contribution >= 4 is 40.6 Å². The van der Waals surface area contributed by atoms with Gasteiger partial charge in [-0.25, -0.2) is 9.50 Å². The van der Waals surface area contributed by atoms with E-state index in [1.54, 1.807) is 27.6 Å². The molecule has 1 aromatic carbocycles. The lowest BCUT2D eigenvalue weighted by Crippen LogP contribution is -2.24. The molecule has 4 rings (SSSR count). The Morgan fingerprint density at radius 2 is 2.14 bits per heavy atom. The van der Waals surface area contributed by atoms with Gasteiger partial charge in [0.05, 0.1) is 10.7 Å². The Bertz CT molecular complexity index is 1110. The van der Waals surface area contributed by atoms with Crippen molar-refractivity contribution in [2.24, 2.45) is 0 Å². The van der Waals surface area contributed by atoms with Gasteiger partial charge in [-0.2, -0.15) is 10.1 Å². The number of hydrogen-bond acceptors (Lipinski definition) is 5. The van der Waals surface area contributed by atoms with Crippen LogP contribution in [0.5, 0.6) is 0 Å². The molecule has 2 amide bonds. The van der Waals surface area contributed by atoms with Gasteiger partial charge < -0.3 is 10.2 Å². The van der Waals surface area contributed by atoms with E-state index in [2.05, 4.69) is 20.4 Å². The molecule has 9 heteroatoms. The first-order valence-corrected chi connectivity index (χ1v) is 9.87. The summed E-state index contributed by atoms with van der Waals surface area (Å²) in [6.45, 7) is 4.53. The number of carbonyl (C=O) groups is 2. The summed E-state index contributed by atoms with van der Waals surface area (Å²) in [6, 6.07) is 5.25. The largest absolute Gasteiger partial charge is 0.325 e. The number of anilines is 2. The molecule has 0 radical (unpaired) electrons. The molecule has 0 unspecified atom stereocenters. The maximum absolute atomic E-state index is 12.6. The van der Waals surface area contributed by atoms with Crippen LogP contribution in [-0.2, 0) is 16.0 Å². The molecule has 0 saturated carbocycles. The monoisotopic (exact) mass is 412 g/mol. The van der Waals surface area contributed by atoms with Gasteiger partial charge in [-0.15, -0.1) is 0 Å². The molecular formula is C20H21ClN6O2. The summed E-state index contributed by atoms with van der Waals surface area (Å²) in [4.78, 5) is 34.8. The van der Waals surface area contributed by atoms with Crippen molar-refractivity contribution in [3.63, 3.8) is 0 Å². The van der Waals surface area contributed by atoms with Crippen molar-refractivity contribution < 1.29 is 9.59 Å². The van der Waals surface area contributed by atoms with Crippen molar-refractivity contribution in [2.45, 2.75) is 39.5 Å². The van der Waals surface area contributed by atoms with E-state index in [0.717, 1.165) is 29.1 Å². The third-order valence-corrected chi connectivity index (χ3v) is 5.53. The average Bonchev–Trinajstić information content (AvgIpc) is 3.32. The van der Waals surface area contributed by atoms with Gasteiger partial charge in [0.15, 0.2) is 0 Å². The van der Waals surface area contributed by atoms with Crippen LogP contribution >= 0.6 is 11.6 Å². The summed E-state index contributed by atoms with van der Waals surface area (Å²) in [5, 5.41) is 7.48. The van der Waals surface area contributed by atoms with Crippen LogP contribution in [0, 0.1) is 13.8 Å². The van der Waals surface area contributed by atoms with Crippen molar-refractivity contribution in [1.82, 2.24) is 19.6 Å². The minimum absolute atomic E-state index is 0.0894. The molecule has 150 valence electrons. The number of amides is 2. The van der Waals surface area contributed by atoms with Gasteiger partial charge in [-0.1, -0.05) is 11.6 Å². The zero-order valence-electron chi connectivity index (χ0n) is 16.3. The molecule has 2 aromatic heterocycles. The summed E-state index contributed by atoms with van der Waals surface area (Å²) >= 11 is 6.26. The van der Waals surface area contributed by atoms with Crippen molar-refractivity contribution in [3.05, 3.63) is 46.5 Å². The van der Waals surface area contributed by atoms with Crippen LogP contribution in [0.1, 0.15) is 36.2 Å². The molecule has 3 heterocycles. The molecule has 0 bridgehead atoms. The minimum Gasteiger partial charge on any atom is -0.325 e. The molecule has 29 heavy (non-hydrogen) atoms. The first-order chi connectivity index (χ1) is 13.9. The number of fused-ring (bicyclic) bond motifs is 1. The quantitative estimate of drug-likeness (QED) is 0.695. The van der Waals surface area contributed by atoms with Crippen LogP contribution in [0.3, 0.4) is 0 Å². The van der Waals surface area contributed by atoms with Gasteiger partial charge in [-0.05, 0) is 50.5 Å². The van der Waals surface area contributed by atoms with Crippen LogP contribution in [-0.4, -0.2) is 37.9 Å². The fourth-order valence-electron chi connectivity index (χ4n) is 3.67. The zero-order chi connectivity index (χ0) is 20.5. The number of aryl methyl sites for hydroxylation is 2. The topological polar surface area (TPSA) is 92.5 Å². The van der Waals surface area contributed by atoms with E-state index in [-0.39, 0.29) is 18.2 Å². The number of carbonyl (C=O) groups excluding carboxylic acids is 2. The number of rotatable bonds is 5. The molecule has 1 aliphatic rings. The fourth-order valence-corrected chi connectivity index (χ4v) is 3.83. The minimum atomic E-state index is -0.158. The van der Waals surface area contributed by atoms with Crippen molar-refractivity contribution in [2.75, 3.05) is 16.8 Å². The number of benzene rings is 1. The maximum atomic E-state index is 12.6. The first-order valence-electron chi connectivity index (χ1n) is 9.49. The normalized spacial score (nSPS) is 14.0. The van der Waals surface area contributed by atoms with Crippen LogP contribution in [0.2, 0.25) is 5.02 Å². The lowest BCUT2D eigenvalue weighted by molar-refractivity contribution is -0.117. The Hall–Kier alpha value is -3.00. The highest BCUT2D eigenvalue weighted by atomic mass is 35.5. The summed E-state index contributed by atoms with van der Waals surface area (Å²) in [6.07, 6.45) is 3.64. The summed E-state index contributed by atoms with van der Waals surface area (Å²) in [7, 11) is 0. The van der Waals surface area contributed by atoms with Crippen LogP contribution in [0.4, 0.5) is 11.4 Å². The summed E-state index contributed by atoms with van der Waals surface area (Å²) in [5.74, 6) is 0.481. The second kappa shape index (κ2) is 7.79. The molecule has 0 spiro atoms. The van der Waals surface area contributed by atoms with Crippen molar-refractivity contribution in [1.29, 1.82) is 0 Å². The van der Waals surface area contributed by atoms with Gasteiger partial charge in [0.1, 0.15) is 6.33 Å². The van der Waals surface area contributed by atoms with E-state index in [0.29, 0.717) is 35.9 Å². The van der Waals surface area contributed by atoms with E-state index < -0.39 is 0 Å². The Morgan fingerprint density at radius 1 is 1.31 bits per heavy atom. The SMILES string of the molecule is Cc1nc2ncnn2c(C)c1CCC(=O)Nc1cc(N2CCCC2=O)ccc1Cl. The Kier molecular flexibility index (Phi) is 5.19. The van der Waals surface area contributed by atoms with Gasteiger partial charge in [-0.3, -0.25) is 9.59 Å². The second-order valence-corrected chi connectivity index (χ2v) is 7.50. The molecule has 0 aliphatic carbocycles. The second-order valence-electron chi connectivity index (χ2n) is 7.09. The Morgan fingerprint density at radius 3 is 2.90 bits per heavy atom. The number of hydrogen-bond donors (Lipinski definition) is 1. The summed E-state index contributed by atoms with van der Waals surface area (Å²) in [5.41, 5.74) is 3.99. The first kappa shape index (κ1) is 19.3. The lowest BCUT2D eigenvalue weighted by Gasteiger charge is -2.17.